The maximum absolute atomic E-state index is 4.92. The minimum Gasteiger partial charge on any atom is -0.358 e. The molecule has 2 saturated heterocycles. The van der Waals surface area contributed by atoms with Gasteiger partial charge < -0.3 is 9.80 Å². The van der Waals surface area contributed by atoms with Gasteiger partial charge in [0.2, 0.25) is 0 Å². The highest BCUT2D eigenvalue weighted by molar-refractivity contribution is 5.53. The van der Waals surface area contributed by atoms with Gasteiger partial charge in [-0.15, -0.1) is 0 Å². The molecule has 0 aliphatic carbocycles. The normalized spacial score (nSPS) is 24.5. The van der Waals surface area contributed by atoms with Crippen LogP contribution >= 0.6 is 0 Å². The lowest BCUT2D eigenvalue weighted by molar-refractivity contribution is 0.113. The van der Waals surface area contributed by atoms with Gasteiger partial charge in [0.1, 0.15) is 11.5 Å². The fraction of sp³-hybridized carbons (Fsp3) is 0.588. The summed E-state index contributed by atoms with van der Waals surface area (Å²) in [5, 5.41) is 0. The van der Waals surface area contributed by atoms with Crippen molar-refractivity contribution < 1.29 is 0 Å². The minimum atomic E-state index is 0.394. The molecule has 0 spiro atoms. The van der Waals surface area contributed by atoms with Gasteiger partial charge in [-0.25, -0.2) is 4.98 Å². The standard InChI is InChI=1S/C17H25N5/c1-19-10-11-20(2)15(13-19)14-12-22-16(18-14)6-5-7-17(22)21-8-3-4-9-21/h5-7,12,15H,3-4,8-11,13H2,1-2H3/t15-/m0/s1. The molecular formula is C17H25N5. The van der Waals surface area contributed by atoms with Gasteiger partial charge in [0.25, 0.3) is 0 Å². The van der Waals surface area contributed by atoms with Gasteiger partial charge >= 0.3 is 0 Å². The number of fused-ring (bicyclic) bond motifs is 1. The zero-order chi connectivity index (χ0) is 15.1. The first-order valence-electron chi connectivity index (χ1n) is 8.34. The van der Waals surface area contributed by atoms with Crippen molar-refractivity contribution in [3.8, 4) is 0 Å². The molecule has 2 aliphatic rings. The van der Waals surface area contributed by atoms with Crippen molar-refractivity contribution in [2.75, 3.05) is 51.7 Å². The molecule has 2 aliphatic heterocycles. The quantitative estimate of drug-likeness (QED) is 0.846. The number of rotatable bonds is 2. The summed E-state index contributed by atoms with van der Waals surface area (Å²) < 4.78 is 2.28. The van der Waals surface area contributed by atoms with Crippen LogP contribution in [0.4, 0.5) is 5.82 Å². The molecule has 4 rings (SSSR count). The lowest BCUT2D eigenvalue weighted by Crippen LogP contribution is -2.44. The Kier molecular flexibility index (Phi) is 3.54. The number of nitrogens with zero attached hydrogens (tertiary/aromatic N) is 5. The average molecular weight is 299 g/mol. The summed E-state index contributed by atoms with van der Waals surface area (Å²) in [7, 11) is 4.41. The van der Waals surface area contributed by atoms with Crippen LogP contribution in [-0.4, -0.2) is 66.0 Å². The number of anilines is 1. The Morgan fingerprint density at radius 2 is 1.86 bits per heavy atom. The van der Waals surface area contributed by atoms with Gasteiger partial charge in [-0.2, -0.15) is 0 Å². The fourth-order valence-electron chi connectivity index (χ4n) is 3.71. The van der Waals surface area contributed by atoms with Crippen molar-refractivity contribution in [3.63, 3.8) is 0 Å². The summed E-state index contributed by atoms with van der Waals surface area (Å²) in [5.74, 6) is 1.29. The van der Waals surface area contributed by atoms with Gasteiger partial charge in [-0.05, 0) is 39.1 Å². The van der Waals surface area contributed by atoms with E-state index in [-0.39, 0.29) is 0 Å². The molecule has 0 N–H and O–H groups in total. The molecule has 1 atom stereocenters. The third-order valence-corrected chi connectivity index (χ3v) is 5.11. The highest BCUT2D eigenvalue weighted by Gasteiger charge is 2.26. The topological polar surface area (TPSA) is 27.0 Å². The summed E-state index contributed by atoms with van der Waals surface area (Å²) in [6, 6.07) is 6.87. The van der Waals surface area contributed by atoms with Crippen LogP contribution in [0.3, 0.4) is 0 Å². The van der Waals surface area contributed by atoms with Gasteiger partial charge in [0, 0.05) is 38.9 Å². The molecule has 0 saturated carbocycles. The van der Waals surface area contributed by atoms with Gasteiger partial charge in [-0.1, -0.05) is 6.07 Å². The van der Waals surface area contributed by atoms with E-state index in [4.69, 9.17) is 4.98 Å². The van der Waals surface area contributed by atoms with E-state index in [1.165, 1.54) is 37.4 Å². The molecule has 22 heavy (non-hydrogen) atoms. The molecule has 2 aromatic rings. The van der Waals surface area contributed by atoms with E-state index in [0.29, 0.717) is 6.04 Å². The van der Waals surface area contributed by atoms with Crippen LogP contribution in [0.25, 0.3) is 5.65 Å². The second kappa shape index (κ2) is 5.56. The Bertz CT molecular complexity index is 658. The summed E-state index contributed by atoms with van der Waals surface area (Å²) in [4.78, 5) is 12.2. The third kappa shape index (κ3) is 2.38. The maximum atomic E-state index is 4.92. The lowest BCUT2D eigenvalue weighted by atomic mass is 10.1. The Balaban J connectivity index is 1.72. The van der Waals surface area contributed by atoms with Crippen molar-refractivity contribution in [1.29, 1.82) is 0 Å². The number of aromatic nitrogens is 2. The highest BCUT2D eigenvalue weighted by atomic mass is 15.3. The number of pyridine rings is 1. The van der Waals surface area contributed by atoms with E-state index in [0.717, 1.165) is 25.3 Å². The molecule has 0 bridgehead atoms. The minimum absolute atomic E-state index is 0.394. The van der Waals surface area contributed by atoms with E-state index in [1.54, 1.807) is 0 Å². The molecule has 118 valence electrons. The van der Waals surface area contributed by atoms with Crippen molar-refractivity contribution in [2.45, 2.75) is 18.9 Å². The van der Waals surface area contributed by atoms with Crippen molar-refractivity contribution >= 4 is 11.5 Å². The van der Waals surface area contributed by atoms with Crippen LogP contribution < -0.4 is 4.90 Å². The Labute approximate surface area is 132 Å². The fourth-order valence-corrected chi connectivity index (χ4v) is 3.71. The number of likely N-dealkylation sites (N-methyl/N-ethyl adjacent to an activating group) is 2. The number of piperazine rings is 1. The second-order valence-corrected chi connectivity index (χ2v) is 6.73. The number of imidazole rings is 1. The Morgan fingerprint density at radius 1 is 1.05 bits per heavy atom. The van der Waals surface area contributed by atoms with E-state index in [2.05, 4.69) is 57.6 Å². The molecule has 5 heteroatoms. The predicted octanol–water partition coefficient (Wildman–Crippen LogP) is 1.85. The first-order chi connectivity index (χ1) is 10.7. The zero-order valence-electron chi connectivity index (χ0n) is 13.6. The molecule has 0 amide bonds. The summed E-state index contributed by atoms with van der Waals surface area (Å²) >= 11 is 0. The van der Waals surface area contributed by atoms with Crippen LogP contribution in [0.15, 0.2) is 24.4 Å². The molecule has 0 aromatic carbocycles. The average Bonchev–Trinajstić information content (AvgIpc) is 3.17. The van der Waals surface area contributed by atoms with Crippen LogP contribution in [-0.2, 0) is 0 Å². The van der Waals surface area contributed by atoms with E-state index in [1.807, 2.05) is 0 Å². The SMILES string of the molecule is CN1CCN(C)[C@H](c2cn3c(N4CCCC4)cccc3n2)C1. The second-order valence-electron chi connectivity index (χ2n) is 6.73. The highest BCUT2D eigenvalue weighted by Crippen LogP contribution is 2.27. The van der Waals surface area contributed by atoms with Gasteiger partial charge in [0.05, 0.1) is 11.7 Å². The van der Waals surface area contributed by atoms with Gasteiger partial charge in [-0.3, -0.25) is 9.30 Å². The molecule has 5 nitrogen and oxygen atoms in total. The summed E-state index contributed by atoms with van der Waals surface area (Å²) in [5.41, 5.74) is 2.27. The van der Waals surface area contributed by atoms with Crippen molar-refractivity contribution in [1.82, 2.24) is 19.2 Å². The van der Waals surface area contributed by atoms with Crippen LogP contribution in [0.5, 0.6) is 0 Å². The van der Waals surface area contributed by atoms with E-state index in [9.17, 15) is 0 Å². The van der Waals surface area contributed by atoms with Crippen molar-refractivity contribution in [2.24, 2.45) is 0 Å². The van der Waals surface area contributed by atoms with Crippen LogP contribution in [0.2, 0.25) is 0 Å². The molecule has 2 aromatic heterocycles. The first-order valence-corrected chi connectivity index (χ1v) is 8.34. The third-order valence-electron chi connectivity index (χ3n) is 5.11. The van der Waals surface area contributed by atoms with Crippen LogP contribution in [0, 0.1) is 0 Å². The zero-order valence-corrected chi connectivity index (χ0v) is 13.6. The Hall–Kier alpha value is -1.59. The lowest BCUT2D eigenvalue weighted by Gasteiger charge is -2.36. The summed E-state index contributed by atoms with van der Waals surface area (Å²) in [6.45, 7) is 5.63. The number of hydrogen-bond acceptors (Lipinski definition) is 4. The largest absolute Gasteiger partial charge is 0.358 e. The smallest absolute Gasteiger partial charge is 0.138 e. The Morgan fingerprint density at radius 3 is 2.68 bits per heavy atom. The first kappa shape index (κ1) is 14.0. The maximum Gasteiger partial charge on any atom is 0.138 e. The predicted molar refractivity (Wildman–Crippen MR) is 89.5 cm³/mol. The molecule has 0 unspecified atom stereocenters. The molecule has 4 heterocycles. The van der Waals surface area contributed by atoms with E-state index < -0.39 is 0 Å². The van der Waals surface area contributed by atoms with Crippen molar-refractivity contribution in [3.05, 3.63) is 30.1 Å². The van der Waals surface area contributed by atoms with Gasteiger partial charge in [0.15, 0.2) is 0 Å². The monoisotopic (exact) mass is 299 g/mol. The molecule has 0 radical (unpaired) electrons. The van der Waals surface area contributed by atoms with Crippen LogP contribution in [0.1, 0.15) is 24.6 Å². The number of hydrogen-bond donors (Lipinski definition) is 0. The van der Waals surface area contributed by atoms with E-state index >= 15 is 0 Å². The summed E-state index contributed by atoms with van der Waals surface area (Å²) in [6.07, 6.45) is 4.85. The molecule has 2 fully saturated rings. The molecular weight excluding hydrogens is 274 g/mol.